The fourth-order valence-corrected chi connectivity index (χ4v) is 3.90. The minimum absolute atomic E-state index is 0.122. The number of carbonyl (C=O) groups is 2. The minimum Gasteiger partial charge on any atom is -0.494 e. The summed E-state index contributed by atoms with van der Waals surface area (Å²) in [5.74, 6) is 0.911. The number of benzene rings is 1. The molecule has 0 spiro atoms. The largest absolute Gasteiger partial charge is 0.494 e. The fraction of sp³-hybridized carbons (Fsp3) is 0.500. The molecule has 2 bridgehead atoms. The third kappa shape index (κ3) is 8.22. The van der Waals surface area contributed by atoms with Crippen LogP contribution in [0.25, 0.3) is 11.4 Å². The van der Waals surface area contributed by atoms with Gasteiger partial charge in [0, 0.05) is 44.1 Å². The number of aliphatic hydroxyl groups is 1. The van der Waals surface area contributed by atoms with Crippen LogP contribution in [0.2, 0.25) is 0 Å². The molecule has 3 N–H and O–H groups in total. The van der Waals surface area contributed by atoms with Crippen molar-refractivity contribution in [1.29, 1.82) is 0 Å². The first kappa shape index (κ1) is 26.4. The Morgan fingerprint density at radius 1 is 1.29 bits per heavy atom. The number of amides is 2. The van der Waals surface area contributed by atoms with E-state index >= 15 is 0 Å². The first-order valence-electron chi connectivity index (χ1n) is 12.2. The maximum Gasteiger partial charge on any atom is 0.245 e. The smallest absolute Gasteiger partial charge is 0.245 e. The average Bonchev–Trinajstić information content (AvgIpc) is 3.29. The molecule has 1 aliphatic rings. The first-order chi connectivity index (χ1) is 16.8. The summed E-state index contributed by atoms with van der Waals surface area (Å²) in [7, 11) is 0. The molecule has 3 rings (SSSR count). The summed E-state index contributed by atoms with van der Waals surface area (Å²) < 4.78 is 8.04. The van der Waals surface area contributed by atoms with Crippen LogP contribution in [0.15, 0.2) is 48.3 Å². The third-order valence-corrected chi connectivity index (χ3v) is 5.78. The van der Waals surface area contributed by atoms with E-state index in [1.165, 1.54) is 6.92 Å². The van der Waals surface area contributed by atoms with Gasteiger partial charge in [0.05, 0.1) is 19.3 Å². The zero-order valence-corrected chi connectivity index (χ0v) is 20.9. The number of ether oxygens (including phenoxy) is 1. The van der Waals surface area contributed by atoms with Crippen LogP contribution in [-0.4, -0.2) is 76.3 Å². The predicted molar refractivity (Wildman–Crippen MR) is 135 cm³/mol. The van der Waals surface area contributed by atoms with Crippen LogP contribution >= 0.6 is 0 Å². The SMILES string of the molecule is CC(C)=CCN1CCCOc2cccc(c2)-c2nccn2CCCNC(=O)[C@H]([C@@H](C)O)NC(=O)C1. The van der Waals surface area contributed by atoms with Crippen molar-refractivity contribution >= 4 is 11.8 Å². The van der Waals surface area contributed by atoms with E-state index in [1.807, 2.05) is 53.8 Å². The zero-order chi connectivity index (χ0) is 25.2. The van der Waals surface area contributed by atoms with Crippen molar-refractivity contribution in [3.8, 4) is 17.1 Å². The van der Waals surface area contributed by atoms with E-state index in [-0.39, 0.29) is 12.5 Å². The summed E-state index contributed by atoms with van der Waals surface area (Å²) in [4.78, 5) is 32.0. The Labute approximate surface area is 207 Å². The van der Waals surface area contributed by atoms with E-state index in [4.69, 9.17) is 4.74 Å². The van der Waals surface area contributed by atoms with Gasteiger partial charge in [0.25, 0.3) is 0 Å². The third-order valence-electron chi connectivity index (χ3n) is 5.78. The molecule has 2 heterocycles. The topological polar surface area (TPSA) is 109 Å². The number of rotatable bonds is 3. The molecule has 35 heavy (non-hydrogen) atoms. The van der Waals surface area contributed by atoms with Crippen LogP contribution in [0, 0.1) is 0 Å². The van der Waals surface area contributed by atoms with E-state index < -0.39 is 18.1 Å². The maximum absolute atomic E-state index is 12.8. The number of aromatic nitrogens is 2. The van der Waals surface area contributed by atoms with Gasteiger partial charge in [-0.25, -0.2) is 4.98 Å². The Morgan fingerprint density at radius 3 is 2.89 bits per heavy atom. The molecule has 0 radical (unpaired) electrons. The van der Waals surface area contributed by atoms with Crippen molar-refractivity contribution < 1.29 is 19.4 Å². The minimum atomic E-state index is -1.01. The highest BCUT2D eigenvalue weighted by atomic mass is 16.5. The molecule has 0 saturated carbocycles. The van der Waals surface area contributed by atoms with Crippen LogP contribution in [0.5, 0.6) is 5.75 Å². The average molecular weight is 484 g/mol. The highest BCUT2D eigenvalue weighted by molar-refractivity contribution is 5.88. The van der Waals surface area contributed by atoms with E-state index in [9.17, 15) is 14.7 Å². The molecule has 1 aromatic heterocycles. The van der Waals surface area contributed by atoms with Crippen molar-refractivity contribution in [2.45, 2.75) is 52.3 Å². The summed E-state index contributed by atoms with van der Waals surface area (Å²) in [6, 6.07) is 6.86. The molecule has 9 nitrogen and oxygen atoms in total. The number of allylic oxidation sites excluding steroid dienone is 1. The second kappa shape index (κ2) is 13.1. The lowest BCUT2D eigenvalue weighted by Crippen LogP contribution is -2.54. The summed E-state index contributed by atoms with van der Waals surface area (Å²) in [5.41, 5.74) is 2.12. The van der Waals surface area contributed by atoms with Crippen LogP contribution in [0.1, 0.15) is 33.6 Å². The van der Waals surface area contributed by atoms with Crippen molar-refractivity contribution in [3.05, 3.63) is 48.3 Å². The number of fused-ring (bicyclic) bond motifs is 4. The summed E-state index contributed by atoms with van der Waals surface area (Å²) in [6.07, 6.45) is 6.11. The Balaban J connectivity index is 1.79. The molecule has 0 aliphatic carbocycles. The lowest BCUT2D eigenvalue weighted by molar-refractivity contribution is -0.132. The van der Waals surface area contributed by atoms with Crippen LogP contribution in [0.4, 0.5) is 0 Å². The van der Waals surface area contributed by atoms with Gasteiger partial charge in [-0.05, 0) is 45.7 Å². The molecule has 1 aliphatic heterocycles. The fourth-order valence-electron chi connectivity index (χ4n) is 3.90. The molecule has 0 fully saturated rings. The van der Waals surface area contributed by atoms with Gasteiger partial charge in [-0.1, -0.05) is 23.8 Å². The monoisotopic (exact) mass is 483 g/mol. The number of aliphatic hydroxyl groups excluding tert-OH is 1. The number of nitrogens with one attached hydrogen (secondary N) is 2. The quantitative estimate of drug-likeness (QED) is 0.576. The maximum atomic E-state index is 12.8. The van der Waals surface area contributed by atoms with Gasteiger partial charge in [-0.2, -0.15) is 0 Å². The number of nitrogens with zero attached hydrogens (tertiary/aromatic N) is 3. The van der Waals surface area contributed by atoms with Gasteiger partial charge < -0.3 is 25.0 Å². The normalized spacial score (nSPS) is 19.6. The van der Waals surface area contributed by atoms with Crippen LogP contribution < -0.4 is 15.4 Å². The van der Waals surface area contributed by atoms with E-state index in [2.05, 4.69) is 21.7 Å². The summed E-state index contributed by atoms with van der Waals surface area (Å²) >= 11 is 0. The van der Waals surface area contributed by atoms with Gasteiger partial charge in [-0.15, -0.1) is 0 Å². The lowest BCUT2D eigenvalue weighted by atomic mass is 10.1. The van der Waals surface area contributed by atoms with E-state index in [0.717, 1.165) is 29.1 Å². The van der Waals surface area contributed by atoms with Crippen LogP contribution in [0.3, 0.4) is 0 Å². The molecule has 2 aromatic rings. The predicted octanol–water partition coefficient (Wildman–Crippen LogP) is 1.97. The second-order valence-corrected chi connectivity index (χ2v) is 9.12. The molecule has 1 aromatic carbocycles. The van der Waals surface area contributed by atoms with Gasteiger partial charge in [-0.3, -0.25) is 14.5 Å². The van der Waals surface area contributed by atoms with Gasteiger partial charge in [0.2, 0.25) is 11.8 Å². The van der Waals surface area contributed by atoms with Crippen molar-refractivity contribution in [2.75, 3.05) is 32.8 Å². The molecule has 0 saturated heterocycles. The van der Waals surface area contributed by atoms with E-state index in [0.29, 0.717) is 39.2 Å². The molecular weight excluding hydrogens is 446 g/mol. The summed E-state index contributed by atoms with van der Waals surface area (Å²) in [6.45, 7) is 8.48. The number of hydrogen-bond donors (Lipinski definition) is 3. The van der Waals surface area contributed by atoms with Crippen molar-refractivity contribution in [3.63, 3.8) is 0 Å². The molecule has 9 heteroatoms. The Hall–Kier alpha value is -3.17. The molecule has 0 unspecified atom stereocenters. The van der Waals surface area contributed by atoms with Gasteiger partial charge in [0.1, 0.15) is 17.6 Å². The van der Waals surface area contributed by atoms with E-state index in [1.54, 1.807) is 6.20 Å². The standard InChI is InChI=1S/C26H37N5O4/c1-19(2)9-14-30-12-6-16-35-22-8-4-7-21(17-22)25-27-11-15-31(25)13-5-10-28-26(34)24(20(3)32)29-23(33)18-30/h4,7-9,11,15,17,20,24,32H,5-6,10,12-14,16,18H2,1-3H3,(H,28,34)(H,29,33)/t20-,24+/m1/s1. The Kier molecular flexibility index (Phi) is 9.86. The first-order valence-corrected chi connectivity index (χ1v) is 12.2. The van der Waals surface area contributed by atoms with Crippen molar-refractivity contribution in [2.24, 2.45) is 0 Å². The second-order valence-electron chi connectivity index (χ2n) is 9.12. The van der Waals surface area contributed by atoms with Crippen LogP contribution in [-0.2, 0) is 16.1 Å². The lowest BCUT2D eigenvalue weighted by Gasteiger charge is -2.24. The number of carbonyl (C=O) groups excluding carboxylic acids is 2. The molecule has 2 atom stereocenters. The number of hydrogen-bond acceptors (Lipinski definition) is 6. The molecular formula is C26H37N5O4. The highest BCUT2D eigenvalue weighted by Crippen LogP contribution is 2.23. The zero-order valence-electron chi connectivity index (χ0n) is 20.9. The Bertz CT molecular complexity index is 1010. The van der Waals surface area contributed by atoms with Crippen molar-refractivity contribution in [1.82, 2.24) is 25.1 Å². The van der Waals surface area contributed by atoms with Gasteiger partial charge in [0.15, 0.2) is 0 Å². The molecule has 2 amide bonds. The Morgan fingerprint density at radius 2 is 2.11 bits per heavy atom. The summed E-state index contributed by atoms with van der Waals surface area (Å²) in [5, 5.41) is 15.7. The molecule has 190 valence electrons. The van der Waals surface area contributed by atoms with Gasteiger partial charge >= 0.3 is 0 Å². The highest BCUT2D eigenvalue weighted by Gasteiger charge is 2.26. The number of imidazole rings is 1. The number of aryl methyl sites for hydroxylation is 1.